The first-order valence-electron chi connectivity index (χ1n) is 3.44. The number of hydrogen-bond donors (Lipinski definition) is 0. The molecule has 0 aromatic carbocycles. The van der Waals surface area contributed by atoms with E-state index in [0.717, 1.165) is 0 Å². The van der Waals surface area contributed by atoms with Crippen LogP contribution in [0.15, 0.2) is 4.99 Å². The van der Waals surface area contributed by atoms with Crippen LogP contribution in [0.5, 0.6) is 0 Å². The average molecular weight is 202 g/mol. The topological polar surface area (TPSA) is 51.1 Å². The summed E-state index contributed by atoms with van der Waals surface area (Å²) in [6, 6.07) is 0. The first-order valence-corrected chi connectivity index (χ1v) is 4.66. The second-order valence-corrected chi connectivity index (χ2v) is 2.91. The van der Waals surface area contributed by atoms with Gasteiger partial charge in [-0.2, -0.15) is 4.62 Å². The van der Waals surface area contributed by atoms with Gasteiger partial charge < -0.3 is 4.52 Å². The van der Waals surface area contributed by atoms with Gasteiger partial charge >= 0.3 is 37.8 Å². The normalized spacial score (nSPS) is 17.6. The zero-order valence-electron chi connectivity index (χ0n) is 6.32. The zero-order valence-corrected chi connectivity index (χ0v) is 7.32. The third-order valence-electron chi connectivity index (χ3n) is 1.11. The molecule has 7 heteroatoms. The monoisotopic (exact) mass is 202 g/mol. The molecule has 5 nitrogen and oxygen atoms in total. The molecule has 0 fully saturated rings. The van der Waals surface area contributed by atoms with Crippen LogP contribution in [0.3, 0.4) is 0 Å². The molecule has 1 unspecified atom stereocenters. The molecule has 1 atom stereocenters. The van der Waals surface area contributed by atoms with Crippen molar-refractivity contribution in [2.75, 3.05) is 19.7 Å². The van der Waals surface area contributed by atoms with E-state index in [1.807, 2.05) is 0 Å². The summed E-state index contributed by atoms with van der Waals surface area (Å²) < 4.78 is 20.4. The number of hydrogen-bond acceptors (Lipinski definition) is 5. The van der Waals surface area contributed by atoms with Crippen LogP contribution in [0, 0.1) is 0 Å². The van der Waals surface area contributed by atoms with Gasteiger partial charge in [0.05, 0.1) is 19.7 Å². The maximum atomic E-state index is 10.8. The Morgan fingerprint density at radius 3 is 3.00 bits per heavy atom. The van der Waals surface area contributed by atoms with E-state index in [0.29, 0.717) is 19.7 Å². The van der Waals surface area contributed by atoms with Crippen molar-refractivity contribution in [3.05, 3.63) is 0 Å². The van der Waals surface area contributed by atoms with Gasteiger partial charge in [-0.25, -0.2) is 5.06 Å². The average Bonchev–Trinajstić information content (AvgIpc) is 2.40. The molecule has 0 aromatic heterocycles. The van der Waals surface area contributed by atoms with Gasteiger partial charge in [-0.05, 0) is 6.92 Å². The molecule has 1 aliphatic rings. The second-order valence-electron chi connectivity index (χ2n) is 1.94. The predicted octanol–water partition coefficient (Wildman–Crippen LogP) is 0.0396. The van der Waals surface area contributed by atoms with E-state index in [4.69, 9.17) is 9.15 Å². The van der Waals surface area contributed by atoms with Crippen LogP contribution in [0.4, 0.5) is 0 Å². The van der Waals surface area contributed by atoms with Crippen LogP contribution in [0.2, 0.25) is 0 Å². The molecule has 0 saturated heterocycles. The molecule has 0 aromatic rings. The third-order valence-corrected chi connectivity index (χ3v) is 2.02. The molecular weight excluding hydrogens is 190 g/mol. The Kier molecular flexibility index (Phi) is 7.43. The van der Waals surface area contributed by atoms with Crippen LogP contribution >= 0.6 is 8.25 Å². The Morgan fingerprint density at radius 2 is 2.50 bits per heavy atom. The Morgan fingerprint density at radius 1 is 1.75 bits per heavy atom. The van der Waals surface area contributed by atoms with Gasteiger partial charge in [0.15, 0.2) is 0 Å². The van der Waals surface area contributed by atoms with Crippen LogP contribution in [-0.4, -0.2) is 60.7 Å². The van der Waals surface area contributed by atoms with Crippen molar-refractivity contribution in [1.82, 2.24) is 5.06 Å². The minimum atomic E-state index is -2.34. The zero-order chi connectivity index (χ0) is 8.10. The summed E-state index contributed by atoms with van der Waals surface area (Å²) >= 11 is 0. The number of rotatable bonds is 4. The van der Waals surface area contributed by atoms with Crippen LogP contribution < -0.4 is 0 Å². The maximum absolute atomic E-state index is 10.8. The van der Waals surface area contributed by atoms with Crippen LogP contribution in [-0.2, 0) is 13.7 Å². The van der Waals surface area contributed by atoms with Crippen LogP contribution in [0.1, 0.15) is 6.92 Å². The van der Waals surface area contributed by atoms with E-state index in [1.165, 1.54) is 11.4 Å². The van der Waals surface area contributed by atoms with Crippen LogP contribution in [0.25, 0.3) is 0 Å². The van der Waals surface area contributed by atoms with E-state index < -0.39 is 8.25 Å². The molecule has 0 spiro atoms. The van der Waals surface area contributed by atoms with Crippen molar-refractivity contribution in [2.45, 2.75) is 6.92 Å². The third kappa shape index (κ3) is 4.60. The standard InChI is InChI=1S/C5H11N2O3P.Na.H/c1-2-9-11(8)10-7-4-3-6-5-7;;/h5,11H,2-4H2,1H3;;. The fraction of sp³-hybridized carbons (Fsp3) is 0.800. The fourth-order valence-electron chi connectivity index (χ4n) is 0.672. The summed E-state index contributed by atoms with van der Waals surface area (Å²) in [4.78, 5) is 3.88. The molecule has 12 heavy (non-hydrogen) atoms. The SMILES string of the molecule is CCO[PH](=O)ON1C=NCC1.[NaH]. The summed E-state index contributed by atoms with van der Waals surface area (Å²) in [5, 5.41) is 1.43. The van der Waals surface area contributed by atoms with Gasteiger partial charge in [0.25, 0.3) is 0 Å². The van der Waals surface area contributed by atoms with Gasteiger partial charge in [0.2, 0.25) is 0 Å². The number of hydroxylamine groups is 2. The first kappa shape index (κ1) is 12.6. The van der Waals surface area contributed by atoms with Crippen molar-refractivity contribution in [1.29, 1.82) is 0 Å². The predicted molar refractivity (Wildman–Crippen MR) is 48.9 cm³/mol. The molecule has 0 aliphatic carbocycles. The van der Waals surface area contributed by atoms with Crippen molar-refractivity contribution >= 4 is 44.2 Å². The van der Waals surface area contributed by atoms with Crippen molar-refractivity contribution in [3.8, 4) is 0 Å². The molecule has 0 bridgehead atoms. The molecule has 66 valence electrons. The van der Waals surface area contributed by atoms with E-state index >= 15 is 0 Å². The Balaban J connectivity index is 0.00000121. The van der Waals surface area contributed by atoms with Crippen molar-refractivity contribution in [2.24, 2.45) is 4.99 Å². The molecule has 0 amide bonds. The summed E-state index contributed by atoms with van der Waals surface area (Å²) in [6.45, 7) is 3.53. The molecule has 1 rings (SSSR count). The van der Waals surface area contributed by atoms with Gasteiger partial charge in [0, 0.05) is 0 Å². The summed E-state index contributed by atoms with van der Waals surface area (Å²) in [5.74, 6) is 0. The van der Waals surface area contributed by atoms with E-state index in [9.17, 15) is 4.57 Å². The van der Waals surface area contributed by atoms with Gasteiger partial charge in [-0.1, -0.05) is 0 Å². The Bertz CT molecular complexity index is 178. The summed E-state index contributed by atoms with van der Waals surface area (Å²) in [5.41, 5.74) is 0. The van der Waals surface area contributed by atoms with Crippen molar-refractivity contribution in [3.63, 3.8) is 0 Å². The van der Waals surface area contributed by atoms with E-state index in [1.54, 1.807) is 6.92 Å². The van der Waals surface area contributed by atoms with Gasteiger partial charge in [-0.3, -0.25) is 9.56 Å². The second kappa shape index (κ2) is 7.06. The Hall–Kier alpha value is 0.620. The number of nitrogens with zero attached hydrogens (tertiary/aromatic N) is 2. The number of aliphatic imine (C=N–C) groups is 1. The Labute approximate surface area is 94.3 Å². The molecule has 0 radical (unpaired) electrons. The van der Waals surface area contributed by atoms with E-state index in [-0.39, 0.29) is 29.6 Å². The molecular formula is C5H12N2NaO3P. The minimum absolute atomic E-state index is 0. The molecule has 1 heterocycles. The molecule has 1 aliphatic heterocycles. The summed E-state index contributed by atoms with van der Waals surface area (Å²) in [7, 11) is -2.34. The summed E-state index contributed by atoms with van der Waals surface area (Å²) in [6.07, 6.45) is 1.52. The fourth-order valence-corrected chi connectivity index (χ4v) is 1.29. The van der Waals surface area contributed by atoms with Gasteiger partial charge in [0.1, 0.15) is 6.34 Å². The first-order chi connectivity index (χ1) is 5.33. The van der Waals surface area contributed by atoms with Crippen molar-refractivity contribution < 1.29 is 13.7 Å². The molecule has 0 saturated carbocycles. The van der Waals surface area contributed by atoms with E-state index in [2.05, 4.69) is 4.99 Å². The quantitative estimate of drug-likeness (QED) is 0.477. The van der Waals surface area contributed by atoms with Gasteiger partial charge in [-0.15, -0.1) is 0 Å². The molecule has 0 N–H and O–H groups in total.